The molecule has 1 rings (SSSR count). The highest BCUT2D eigenvalue weighted by Gasteiger charge is 2.39. The number of aliphatic hydroxyl groups is 1. The van der Waals surface area contributed by atoms with Crippen molar-refractivity contribution in [2.24, 2.45) is 11.7 Å². The summed E-state index contributed by atoms with van der Waals surface area (Å²) in [5.41, 5.74) is 5.62. The number of nitrogens with one attached hydrogen (secondary N) is 2. The molecule has 3 amide bonds. The van der Waals surface area contributed by atoms with Crippen LogP contribution in [0.5, 0.6) is 0 Å². The monoisotopic (exact) mass is 430 g/mol. The number of carbonyl (C=O) groups excluding carboxylic acids is 3. The SMILES string of the molecule is CC(C)C(NC(=O)C1CCCN1C(=O)C(N)CC(=O)O)C(=O)NC(C(=O)O)C(C)O. The van der Waals surface area contributed by atoms with Gasteiger partial charge in [-0.3, -0.25) is 19.2 Å². The molecular formula is C18H30N4O8. The summed E-state index contributed by atoms with van der Waals surface area (Å²) in [4.78, 5) is 60.9. The summed E-state index contributed by atoms with van der Waals surface area (Å²) >= 11 is 0. The van der Waals surface area contributed by atoms with Gasteiger partial charge in [0.05, 0.1) is 18.6 Å². The zero-order valence-electron chi connectivity index (χ0n) is 17.2. The third-order valence-electron chi connectivity index (χ3n) is 4.84. The standard InChI is InChI=1S/C18H30N4O8/c1-8(2)13(16(27)21-14(9(3)23)18(29)30)20-15(26)11-5-4-6-22(11)17(28)10(19)7-12(24)25/h8-11,13-14,23H,4-7,19H2,1-3H3,(H,20,26)(H,21,27)(H,24,25)(H,29,30). The number of carbonyl (C=O) groups is 5. The molecule has 30 heavy (non-hydrogen) atoms. The third kappa shape index (κ3) is 6.66. The predicted octanol–water partition coefficient (Wildman–Crippen LogP) is -2.13. The molecule has 0 saturated carbocycles. The first kappa shape index (κ1) is 25.3. The minimum absolute atomic E-state index is 0.228. The first-order chi connectivity index (χ1) is 13.9. The van der Waals surface area contributed by atoms with Gasteiger partial charge in [0.2, 0.25) is 17.7 Å². The van der Waals surface area contributed by atoms with Gasteiger partial charge in [-0.1, -0.05) is 13.8 Å². The Morgan fingerprint density at radius 1 is 1.07 bits per heavy atom. The smallest absolute Gasteiger partial charge is 0.328 e. The van der Waals surface area contributed by atoms with Crippen LogP contribution in [0.15, 0.2) is 0 Å². The molecule has 1 heterocycles. The fraction of sp³-hybridized carbons (Fsp3) is 0.722. The van der Waals surface area contributed by atoms with E-state index in [4.69, 9.17) is 15.9 Å². The van der Waals surface area contributed by atoms with Gasteiger partial charge in [0.1, 0.15) is 12.1 Å². The average molecular weight is 430 g/mol. The van der Waals surface area contributed by atoms with Crippen LogP contribution >= 0.6 is 0 Å². The molecule has 12 nitrogen and oxygen atoms in total. The lowest BCUT2D eigenvalue weighted by atomic mass is 10.0. The van der Waals surface area contributed by atoms with Crippen LogP contribution in [0.1, 0.15) is 40.0 Å². The number of carboxylic acid groups (broad SMARTS) is 2. The molecule has 0 spiro atoms. The van der Waals surface area contributed by atoms with Gasteiger partial charge in [0.15, 0.2) is 6.04 Å². The summed E-state index contributed by atoms with van der Waals surface area (Å²) in [6.07, 6.45) is -1.11. The fourth-order valence-electron chi connectivity index (χ4n) is 3.21. The maximum atomic E-state index is 12.8. The van der Waals surface area contributed by atoms with E-state index >= 15 is 0 Å². The van der Waals surface area contributed by atoms with E-state index in [1.54, 1.807) is 13.8 Å². The molecule has 0 aromatic carbocycles. The fourth-order valence-corrected chi connectivity index (χ4v) is 3.21. The maximum Gasteiger partial charge on any atom is 0.328 e. The van der Waals surface area contributed by atoms with Crippen molar-refractivity contribution in [3.8, 4) is 0 Å². The number of likely N-dealkylation sites (tertiary alicyclic amines) is 1. The number of hydrogen-bond donors (Lipinski definition) is 6. The largest absolute Gasteiger partial charge is 0.481 e. The van der Waals surface area contributed by atoms with Crippen molar-refractivity contribution in [2.45, 2.75) is 70.3 Å². The van der Waals surface area contributed by atoms with Gasteiger partial charge in [-0.05, 0) is 25.7 Å². The predicted molar refractivity (Wildman–Crippen MR) is 103 cm³/mol. The third-order valence-corrected chi connectivity index (χ3v) is 4.84. The lowest BCUT2D eigenvalue weighted by molar-refractivity contribution is -0.146. The summed E-state index contributed by atoms with van der Waals surface area (Å²) in [6.45, 7) is 4.72. The van der Waals surface area contributed by atoms with Gasteiger partial charge in [-0.25, -0.2) is 4.79 Å². The Balaban J connectivity index is 2.89. The highest BCUT2D eigenvalue weighted by Crippen LogP contribution is 2.19. The first-order valence-electron chi connectivity index (χ1n) is 9.66. The average Bonchev–Trinajstić information content (AvgIpc) is 3.11. The number of rotatable bonds is 10. The lowest BCUT2D eigenvalue weighted by Crippen LogP contribution is -2.59. The highest BCUT2D eigenvalue weighted by molar-refractivity contribution is 5.95. The molecule has 1 fully saturated rings. The van der Waals surface area contributed by atoms with Gasteiger partial charge < -0.3 is 36.6 Å². The number of hydrogen-bond acceptors (Lipinski definition) is 7. The van der Waals surface area contributed by atoms with Gasteiger partial charge in [0, 0.05) is 6.54 Å². The minimum Gasteiger partial charge on any atom is -0.481 e. The van der Waals surface area contributed by atoms with Gasteiger partial charge in [-0.15, -0.1) is 0 Å². The van der Waals surface area contributed by atoms with Crippen LogP contribution in [0.3, 0.4) is 0 Å². The number of amides is 3. The molecule has 0 aliphatic carbocycles. The zero-order valence-corrected chi connectivity index (χ0v) is 17.2. The zero-order chi connectivity index (χ0) is 23.2. The van der Waals surface area contributed by atoms with E-state index in [0.717, 1.165) is 0 Å². The Morgan fingerprint density at radius 2 is 1.67 bits per heavy atom. The Morgan fingerprint density at radius 3 is 2.13 bits per heavy atom. The van der Waals surface area contributed by atoms with Crippen molar-refractivity contribution < 1.29 is 39.3 Å². The Kier molecular flexibility index (Phi) is 9.18. The molecule has 0 aromatic heterocycles. The van der Waals surface area contributed by atoms with Gasteiger partial charge in [0.25, 0.3) is 0 Å². The molecular weight excluding hydrogens is 400 g/mol. The number of nitrogens with zero attached hydrogens (tertiary/aromatic N) is 1. The van der Waals surface area contributed by atoms with Crippen LogP contribution < -0.4 is 16.4 Å². The number of aliphatic carboxylic acids is 2. The maximum absolute atomic E-state index is 12.8. The van der Waals surface area contributed by atoms with Crippen LogP contribution in [-0.4, -0.2) is 86.7 Å². The van der Waals surface area contributed by atoms with Crippen LogP contribution in [0, 0.1) is 5.92 Å². The first-order valence-corrected chi connectivity index (χ1v) is 9.66. The minimum atomic E-state index is -1.55. The molecule has 1 aliphatic rings. The summed E-state index contributed by atoms with van der Waals surface area (Å²) < 4.78 is 0. The molecule has 5 unspecified atom stereocenters. The quantitative estimate of drug-likeness (QED) is 0.224. The molecule has 170 valence electrons. The molecule has 1 aliphatic heterocycles. The topological polar surface area (TPSA) is 199 Å². The van der Waals surface area contributed by atoms with Crippen molar-refractivity contribution in [1.29, 1.82) is 0 Å². The molecule has 1 saturated heterocycles. The van der Waals surface area contributed by atoms with E-state index in [9.17, 15) is 29.1 Å². The van der Waals surface area contributed by atoms with E-state index in [1.807, 2.05) is 0 Å². The van der Waals surface area contributed by atoms with Gasteiger partial charge in [-0.2, -0.15) is 0 Å². The van der Waals surface area contributed by atoms with Crippen LogP contribution in [0.25, 0.3) is 0 Å². The Bertz CT molecular complexity index is 681. The summed E-state index contributed by atoms with van der Waals surface area (Å²) in [5.74, 6) is -5.16. The van der Waals surface area contributed by atoms with Crippen molar-refractivity contribution >= 4 is 29.7 Å². The highest BCUT2D eigenvalue weighted by atomic mass is 16.4. The Labute approximate surface area is 173 Å². The second-order valence-corrected chi connectivity index (χ2v) is 7.69. The second-order valence-electron chi connectivity index (χ2n) is 7.69. The molecule has 0 bridgehead atoms. The molecule has 7 N–H and O–H groups in total. The number of carboxylic acids is 2. The summed E-state index contributed by atoms with van der Waals surface area (Å²) in [5, 5.41) is 32.2. The molecule has 0 aromatic rings. The molecule has 0 radical (unpaired) electrons. The number of nitrogens with two attached hydrogens (primary N) is 1. The van der Waals surface area contributed by atoms with Crippen molar-refractivity contribution in [2.75, 3.05) is 6.54 Å². The van der Waals surface area contributed by atoms with Crippen molar-refractivity contribution in [3.05, 3.63) is 0 Å². The van der Waals surface area contributed by atoms with E-state index in [2.05, 4.69) is 10.6 Å². The van der Waals surface area contributed by atoms with E-state index in [1.165, 1.54) is 11.8 Å². The summed E-state index contributed by atoms with van der Waals surface area (Å²) in [6, 6.07) is -4.86. The number of aliphatic hydroxyl groups excluding tert-OH is 1. The normalized spacial score (nSPS) is 20.2. The Hall–Kier alpha value is -2.73. The van der Waals surface area contributed by atoms with Crippen molar-refractivity contribution in [3.63, 3.8) is 0 Å². The van der Waals surface area contributed by atoms with Crippen molar-refractivity contribution in [1.82, 2.24) is 15.5 Å². The van der Waals surface area contributed by atoms with E-state index in [-0.39, 0.29) is 6.54 Å². The van der Waals surface area contributed by atoms with Gasteiger partial charge >= 0.3 is 11.9 Å². The van der Waals surface area contributed by atoms with E-state index < -0.39 is 72.3 Å². The molecule has 5 atom stereocenters. The van der Waals surface area contributed by atoms with Crippen LogP contribution in [-0.2, 0) is 24.0 Å². The van der Waals surface area contributed by atoms with Crippen LogP contribution in [0.2, 0.25) is 0 Å². The molecule has 12 heteroatoms. The summed E-state index contributed by atoms with van der Waals surface area (Å²) in [7, 11) is 0. The second kappa shape index (κ2) is 10.9. The van der Waals surface area contributed by atoms with Crippen LogP contribution in [0.4, 0.5) is 0 Å². The van der Waals surface area contributed by atoms with E-state index in [0.29, 0.717) is 12.8 Å². The lowest BCUT2D eigenvalue weighted by Gasteiger charge is -2.29.